The Hall–Kier alpha value is -1.70. The molecule has 27 heavy (non-hydrogen) atoms. The van der Waals surface area contributed by atoms with Crippen LogP contribution in [0.15, 0.2) is 33.7 Å². The summed E-state index contributed by atoms with van der Waals surface area (Å²) < 4.78 is 33.8. The summed E-state index contributed by atoms with van der Waals surface area (Å²) in [6, 6.07) is 7.59. The molecule has 2 aromatic rings. The minimum absolute atomic E-state index is 0.434. The molecule has 0 bridgehead atoms. The van der Waals surface area contributed by atoms with Crippen LogP contribution in [-0.4, -0.2) is 42.4 Å². The number of aryl methyl sites for hydroxylation is 2. The first-order valence-electron chi connectivity index (χ1n) is 9.68. The molecule has 2 fully saturated rings. The van der Waals surface area contributed by atoms with E-state index >= 15 is 0 Å². The van der Waals surface area contributed by atoms with E-state index in [-0.39, 0.29) is 0 Å². The Morgan fingerprint density at radius 1 is 1.26 bits per heavy atom. The Morgan fingerprint density at radius 3 is 2.74 bits per heavy atom. The fourth-order valence-corrected chi connectivity index (χ4v) is 6.89. The van der Waals surface area contributed by atoms with Gasteiger partial charge in [0.2, 0.25) is 10.0 Å². The average molecular weight is 388 g/mol. The van der Waals surface area contributed by atoms with Gasteiger partial charge < -0.3 is 4.52 Å². The van der Waals surface area contributed by atoms with E-state index in [9.17, 15) is 8.42 Å². The molecule has 0 N–H and O–H groups in total. The topological polar surface area (TPSA) is 66.7 Å². The van der Waals surface area contributed by atoms with Gasteiger partial charge >= 0.3 is 0 Å². The van der Waals surface area contributed by atoms with Crippen LogP contribution in [0.3, 0.4) is 0 Å². The van der Waals surface area contributed by atoms with Crippen molar-refractivity contribution >= 4 is 10.0 Å². The molecule has 1 saturated heterocycles. The van der Waals surface area contributed by atoms with Crippen LogP contribution in [-0.2, 0) is 22.1 Å². The normalized spacial score (nSPS) is 27.5. The molecule has 6 nitrogen and oxygen atoms in total. The third-order valence-electron chi connectivity index (χ3n) is 6.44. The zero-order valence-electron chi connectivity index (χ0n) is 15.8. The van der Waals surface area contributed by atoms with Crippen molar-refractivity contribution in [2.45, 2.75) is 50.1 Å². The van der Waals surface area contributed by atoms with Crippen LogP contribution in [0.5, 0.6) is 0 Å². The largest absolute Gasteiger partial charge is 0.361 e. The maximum atomic E-state index is 13.3. The van der Waals surface area contributed by atoms with E-state index in [1.807, 2.05) is 36.4 Å². The molecule has 1 aliphatic carbocycles. The lowest BCUT2D eigenvalue weighted by Crippen LogP contribution is -2.46. The van der Waals surface area contributed by atoms with Crippen LogP contribution < -0.4 is 0 Å². The van der Waals surface area contributed by atoms with Crippen molar-refractivity contribution in [1.29, 1.82) is 0 Å². The Balaban J connectivity index is 1.51. The Labute approximate surface area is 160 Å². The van der Waals surface area contributed by atoms with Gasteiger partial charge in [0.15, 0.2) is 0 Å². The molecule has 144 valence electrons. The van der Waals surface area contributed by atoms with Gasteiger partial charge in [-0.1, -0.05) is 23.4 Å². The van der Waals surface area contributed by atoms with Crippen molar-refractivity contribution in [3.8, 4) is 0 Å². The summed E-state index contributed by atoms with van der Waals surface area (Å²) >= 11 is 0. The molecule has 0 amide bonds. The van der Waals surface area contributed by atoms with E-state index in [0.717, 1.165) is 61.5 Å². The number of hydrogen-bond acceptors (Lipinski definition) is 5. The molecule has 1 spiro atoms. The summed E-state index contributed by atoms with van der Waals surface area (Å²) in [5.41, 5.74) is 2.58. The number of nitrogens with zero attached hydrogens (tertiary/aromatic N) is 3. The van der Waals surface area contributed by atoms with Crippen molar-refractivity contribution in [2.75, 3.05) is 19.6 Å². The monoisotopic (exact) mass is 387 g/mol. The van der Waals surface area contributed by atoms with Gasteiger partial charge in [0.1, 0.15) is 5.76 Å². The molecule has 1 saturated carbocycles. The highest BCUT2D eigenvalue weighted by Crippen LogP contribution is 2.51. The summed E-state index contributed by atoms with van der Waals surface area (Å²) in [5, 5.41) is 4.06. The molecule has 3 heterocycles. The number of hydrogen-bond donors (Lipinski definition) is 0. The summed E-state index contributed by atoms with van der Waals surface area (Å²) in [7, 11) is -3.42. The molecule has 2 aliphatic heterocycles. The molecule has 1 aromatic carbocycles. The summed E-state index contributed by atoms with van der Waals surface area (Å²) in [6.45, 7) is 6.90. The predicted molar refractivity (Wildman–Crippen MR) is 101 cm³/mol. The third-order valence-corrected chi connectivity index (χ3v) is 8.44. The maximum Gasteiger partial charge on any atom is 0.244 e. The molecular formula is C20H25N3O3S. The molecular weight excluding hydrogens is 362 g/mol. The van der Waals surface area contributed by atoms with E-state index in [2.05, 4.69) is 10.1 Å². The number of sulfonamides is 1. The van der Waals surface area contributed by atoms with E-state index in [0.29, 0.717) is 17.4 Å². The van der Waals surface area contributed by atoms with E-state index in [1.54, 1.807) is 6.07 Å². The lowest BCUT2D eigenvalue weighted by atomic mass is 9.88. The predicted octanol–water partition coefficient (Wildman–Crippen LogP) is 2.81. The quantitative estimate of drug-likeness (QED) is 0.807. The number of aromatic nitrogens is 1. The van der Waals surface area contributed by atoms with Gasteiger partial charge in [0.25, 0.3) is 0 Å². The van der Waals surface area contributed by atoms with Crippen molar-refractivity contribution in [1.82, 2.24) is 14.4 Å². The average Bonchev–Trinajstić information content (AvgIpc) is 3.26. The van der Waals surface area contributed by atoms with E-state index in [4.69, 9.17) is 4.52 Å². The van der Waals surface area contributed by atoms with Gasteiger partial charge in [-0.15, -0.1) is 0 Å². The lowest BCUT2D eigenvalue weighted by molar-refractivity contribution is 0.184. The van der Waals surface area contributed by atoms with Gasteiger partial charge in [-0.05, 0) is 50.7 Å². The fraction of sp³-hybridized carbons (Fsp3) is 0.550. The molecule has 0 radical (unpaired) electrons. The molecule has 7 heteroatoms. The second kappa shape index (κ2) is 5.90. The second-order valence-electron chi connectivity index (χ2n) is 8.27. The standard InChI is InChI=1S/C20H25N3O3S/c1-14-17(15(2)26-21-14)12-22-10-9-20(13-22)18-5-3-4-6-19(18)27(24,25)23(20)11-16-7-8-16/h3-6,16H,7-13H2,1-2H3. The number of benzene rings is 1. The van der Waals surface area contributed by atoms with Crippen LogP contribution >= 0.6 is 0 Å². The van der Waals surface area contributed by atoms with Gasteiger partial charge in [-0.25, -0.2) is 8.42 Å². The van der Waals surface area contributed by atoms with Crippen LogP contribution in [0.1, 0.15) is 41.8 Å². The van der Waals surface area contributed by atoms with Gasteiger partial charge in [-0.3, -0.25) is 4.90 Å². The first kappa shape index (κ1) is 17.4. The van der Waals surface area contributed by atoms with Gasteiger partial charge in [0, 0.05) is 31.7 Å². The van der Waals surface area contributed by atoms with Gasteiger partial charge in [-0.2, -0.15) is 4.31 Å². The summed E-state index contributed by atoms with van der Waals surface area (Å²) in [5.74, 6) is 1.37. The minimum Gasteiger partial charge on any atom is -0.361 e. The van der Waals surface area contributed by atoms with E-state index in [1.165, 1.54) is 0 Å². The molecule has 1 aromatic heterocycles. The Kier molecular flexibility index (Phi) is 3.80. The highest BCUT2D eigenvalue weighted by Gasteiger charge is 2.57. The first-order chi connectivity index (χ1) is 12.9. The zero-order chi connectivity index (χ0) is 18.8. The van der Waals surface area contributed by atoms with Crippen molar-refractivity contribution in [2.24, 2.45) is 5.92 Å². The smallest absolute Gasteiger partial charge is 0.244 e. The SMILES string of the molecule is Cc1noc(C)c1CN1CCC2(C1)c1ccccc1S(=O)(=O)N2CC1CC1. The Morgan fingerprint density at radius 2 is 2.04 bits per heavy atom. The highest BCUT2D eigenvalue weighted by atomic mass is 32.2. The lowest BCUT2D eigenvalue weighted by Gasteiger charge is -2.34. The van der Waals surface area contributed by atoms with Crippen LogP contribution in [0.2, 0.25) is 0 Å². The minimum atomic E-state index is -3.42. The van der Waals surface area contributed by atoms with Crippen molar-refractivity contribution in [3.05, 3.63) is 46.8 Å². The maximum absolute atomic E-state index is 13.3. The van der Waals surface area contributed by atoms with E-state index < -0.39 is 15.6 Å². The molecule has 1 unspecified atom stereocenters. The Bertz CT molecular complexity index is 976. The molecule has 1 atom stereocenters. The zero-order valence-corrected chi connectivity index (χ0v) is 16.6. The first-order valence-corrected chi connectivity index (χ1v) is 11.1. The molecule has 5 rings (SSSR count). The fourth-order valence-electron chi connectivity index (χ4n) is 4.75. The summed E-state index contributed by atoms with van der Waals surface area (Å²) in [4.78, 5) is 2.86. The van der Waals surface area contributed by atoms with Crippen LogP contribution in [0.25, 0.3) is 0 Å². The van der Waals surface area contributed by atoms with Crippen LogP contribution in [0, 0.1) is 19.8 Å². The second-order valence-corrected chi connectivity index (χ2v) is 10.1. The van der Waals surface area contributed by atoms with Crippen molar-refractivity contribution < 1.29 is 12.9 Å². The molecule has 3 aliphatic rings. The number of likely N-dealkylation sites (tertiary alicyclic amines) is 1. The van der Waals surface area contributed by atoms with Crippen LogP contribution in [0.4, 0.5) is 0 Å². The number of rotatable bonds is 4. The summed E-state index contributed by atoms with van der Waals surface area (Å²) in [6.07, 6.45) is 3.11. The van der Waals surface area contributed by atoms with Gasteiger partial charge in [0.05, 0.1) is 16.1 Å². The van der Waals surface area contributed by atoms with Crippen molar-refractivity contribution in [3.63, 3.8) is 0 Å². The number of fused-ring (bicyclic) bond motifs is 2. The highest BCUT2D eigenvalue weighted by molar-refractivity contribution is 7.89. The third kappa shape index (κ3) is 2.59.